The Morgan fingerprint density at radius 2 is 2.33 bits per heavy atom. The van der Waals surface area contributed by atoms with E-state index in [1.807, 2.05) is 0 Å². The lowest BCUT2D eigenvalue weighted by Crippen LogP contribution is -2.44. The Kier molecular flexibility index (Phi) is 1.88. The van der Waals surface area contributed by atoms with E-state index < -0.39 is 0 Å². The molecule has 3 N–H and O–H groups in total. The van der Waals surface area contributed by atoms with E-state index in [1.54, 1.807) is 0 Å². The van der Waals surface area contributed by atoms with Gasteiger partial charge in [-0.1, -0.05) is 12.2 Å². The van der Waals surface area contributed by atoms with E-state index in [2.05, 4.69) is 24.4 Å². The molecule has 1 heterocycles. The van der Waals surface area contributed by atoms with Crippen LogP contribution in [0.25, 0.3) is 0 Å². The van der Waals surface area contributed by atoms with Crippen LogP contribution in [0.1, 0.15) is 13.3 Å². The first-order chi connectivity index (χ1) is 4.21. The summed E-state index contributed by atoms with van der Waals surface area (Å²) in [7, 11) is 0. The molecule has 1 atom stereocenters. The first-order valence-corrected chi connectivity index (χ1v) is 3.35. The van der Waals surface area contributed by atoms with Crippen molar-refractivity contribution >= 4 is 0 Å². The Morgan fingerprint density at radius 1 is 1.56 bits per heavy atom. The predicted octanol–water partition coefficient (Wildman–Crippen LogP) is 0.253. The maximum absolute atomic E-state index is 5.86. The highest BCUT2D eigenvalue weighted by Crippen LogP contribution is 2.06. The molecule has 1 rings (SSSR count). The molecule has 0 spiro atoms. The molecule has 0 fully saturated rings. The Bertz CT molecular complexity index is 116. The van der Waals surface area contributed by atoms with Crippen molar-refractivity contribution < 1.29 is 0 Å². The van der Waals surface area contributed by atoms with Crippen molar-refractivity contribution in [3.05, 3.63) is 12.2 Å². The third-order valence-corrected chi connectivity index (χ3v) is 1.54. The van der Waals surface area contributed by atoms with Gasteiger partial charge >= 0.3 is 0 Å². The summed E-state index contributed by atoms with van der Waals surface area (Å²) in [5, 5.41) is 3.23. The SMILES string of the molecule is C[C@]1(N)CC=CCNC1. The molecular formula is C7H14N2. The third kappa shape index (κ3) is 2.16. The summed E-state index contributed by atoms with van der Waals surface area (Å²) in [6.45, 7) is 3.95. The van der Waals surface area contributed by atoms with Gasteiger partial charge in [0.05, 0.1) is 0 Å². The molecule has 0 aromatic heterocycles. The van der Waals surface area contributed by atoms with Crippen LogP contribution in [0.2, 0.25) is 0 Å². The van der Waals surface area contributed by atoms with Crippen molar-refractivity contribution in [1.82, 2.24) is 5.32 Å². The fraction of sp³-hybridized carbons (Fsp3) is 0.714. The Morgan fingerprint density at radius 3 is 3.11 bits per heavy atom. The van der Waals surface area contributed by atoms with E-state index >= 15 is 0 Å². The molecule has 1 aliphatic heterocycles. The topological polar surface area (TPSA) is 38.0 Å². The van der Waals surface area contributed by atoms with E-state index in [0.29, 0.717) is 0 Å². The predicted molar refractivity (Wildman–Crippen MR) is 39.2 cm³/mol. The molecule has 0 unspecified atom stereocenters. The maximum Gasteiger partial charge on any atom is 0.0287 e. The normalized spacial score (nSPS) is 36.2. The molecule has 0 saturated heterocycles. The fourth-order valence-corrected chi connectivity index (χ4v) is 0.949. The summed E-state index contributed by atoms with van der Waals surface area (Å²) in [5.74, 6) is 0. The van der Waals surface area contributed by atoms with Crippen molar-refractivity contribution in [3.63, 3.8) is 0 Å². The molecule has 1 aliphatic rings. The molecule has 0 aliphatic carbocycles. The quantitative estimate of drug-likeness (QED) is 0.457. The van der Waals surface area contributed by atoms with Crippen LogP contribution in [0.15, 0.2) is 12.2 Å². The van der Waals surface area contributed by atoms with Gasteiger partial charge in [-0.05, 0) is 13.3 Å². The van der Waals surface area contributed by atoms with Crippen LogP contribution in [-0.4, -0.2) is 18.6 Å². The molecule has 0 aromatic carbocycles. The van der Waals surface area contributed by atoms with Crippen LogP contribution in [0.5, 0.6) is 0 Å². The van der Waals surface area contributed by atoms with E-state index in [0.717, 1.165) is 19.5 Å². The molecule has 2 heteroatoms. The van der Waals surface area contributed by atoms with Crippen LogP contribution in [0.4, 0.5) is 0 Å². The summed E-state index contributed by atoms with van der Waals surface area (Å²) in [6.07, 6.45) is 5.25. The van der Waals surface area contributed by atoms with Crippen LogP contribution >= 0.6 is 0 Å². The van der Waals surface area contributed by atoms with E-state index in [-0.39, 0.29) is 5.54 Å². The molecule has 52 valence electrons. The lowest BCUT2D eigenvalue weighted by molar-refractivity contribution is 0.453. The molecule has 0 radical (unpaired) electrons. The Hall–Kier alpha value is -0.340. The minimum atomic E-state index is -0.0347. The zero-order valence-electron chi connectivity index (χ0n) is 5.85. The molecule has 9 heavy (non-hydrogen) atoms. The molecule has 0 amide bonds. The lowest BCUT2D eigenvalue weighted by atomic mass is 10.0. The van der Waals surface area contributed by atoms with Crippen molar-refractivity contribution in [3.8, 4) is 0 Å². The zero-order valence-corrected chi connectivity index (χ0v) is 5.85. The smallest absolute Gasteiger partial charge is 0.0287 e. The minimum absolute atomic E-state index is 0.0347. The second kappa shape index (κ2) is 2.50. The maximum atomic E-state index is 5.86. The Balaban J connectivity index is 2.48. The van der Waals surface area contributed by atoms with Crippen molar-refractivity contribution in [2.24, 2.45) is 5.73 Å². The lowest BCUT2D eigenvalue weighted by Gasteiger charge is -2.20. The first-order valence-electron chi connectivity index (χ1n) is 3.35. The number of rotatable bonds is 0. The van der Waals surface area contributed by atoms with Crippen molar-refractivity contribution in [2.45, 2.75) is 18.9 Å². The number of nitrogens with one attached hydrogen (secondary N) is 1. The van der Waals surface area contributed by atoms with E-state index in [1.165, 1.54) is 0 Å². The number of hydrogen-bond donors (Lipinski definition) is 2. The largest absolute Gasteiger partial charge is 0.324 e. The van der Waals surface area contributed by atoms with Gasteiger partial charge in [0.2, 0.25) is 0 Å². The molecule has 0 bridgehead atoms. The molecule has 0 saturated carbocycles. The number of nitrogens with two attached hydrogens (primary N) is 1. The summed E-state index contributed by atoms with van der Waals surface area (Å²) in [4.78, 5) is 0. The highest BCUT2D eigenvalue weighted by molar-refractivity contribution is 4.97. The van der Waals surface area contributed by atoms with Gasteiger partial charge in [0.15, 0.2) is 0 Å². The third-order valence-electron chi connectivity index (χ3n) is 1.54. The summed E-state index contributed by atoms with van der Waals surface area (Å²) >= 11 is 0. The highest BCUT2D eigenvalue weighted by atomic mass is 14.9. The summed E-state index contributed by atoms with van der Waals surface area (Å²) < 4.78 is 0. The van der Waals surface area contributed by atoms with Crippen molar-refractivity contribution in [2.75, 3.05) is 13.1 Å². The van der Waals surface area contributed by atoms with Gasteiger partial charge in [-0.15, -0.1) is 0 Å². The highest BCUT2D eigenvalue weighted by Gasteiger charge is 2.16. The number of hydrogen-bond acceptors (Lipinski definition) is 2. The Labute approximate surface area is 56.1 Å². The van der Waals surface area contributed by atoms with Crippen molar-refractivity contribution in [1.29, 1.82) is 0 Å². The van der Waals surface area contributed by atoms with Gasteiger partial charge in [0.25, 0.3) is 0 Å². The monoisotopic (exact) mass is 126 g/mol. The summed E-state index contributed by atoms with van der Waals surface area (Å²) in [6, 6.07) is 0. The van der Waals surface area contributed by atoms with Crippen LogP contribution < -0.4 is 11.1 Å². The van der Waals surface area contributed by atoms with Gasteiger partial charge in [0, 0.05) is 18.6 Å². The van der Waals surface area contributed by atoms with Gasteiger partial charge in [-0.3, -0.25) is 0 Å². The molecule has 2 nitrogen and oxygen atoms in total. The molecule has 0 aromatic rings. The van der Waals surface area contributed by atoms with Crippen LogP contribution in [0.3, 0.4) is 0 Å². The average molecular weight is 126 g/mol. The van der Waals surface area contributed by atoms with Gasteiger partial charge < -0.3 is 11.1 Å². The van der Waals surface area contributed by atoms with E-state index in [9.17, 15) is 0 Å². The summed E-state index contributed by atoms with van der Waals surface area (Å²) in [5.41, 5.74) is 5.83. The minimum Gasteiger partial charge on any atom is -0.324 e. The second-order valence-electron chi connectivity index (χ2n) is 2.96. The van der Waals surface area contributed by atoms with Gasteiger partial charge in [-0.2, -0.15) is 0 Å². The average Bonchev–Trinajstić information content (AvgIpc) is 1.92. The zero-order chi connectivity index (χ0) is 6.74. The standard InChI is InChI=1S/C7H14N2/c1-7(8)4-2-3-5-9-6-7/h2-3,9H,4-6,8H2,1H3/t7-/m0/s1. The van der Waals surface area contributed by atoms with Gasteiger partial charge in [0.1, 0.15) is 0 Å². The molecular weight excluding hydrogens is 112 g/mol. The first kappa shape index (κ1) is 6.78. The van der Waals surface area contributed by atoms with Crippen LogP contribution in [0, 0.1) is 0 Å². The fourth-order valence-electron chi connectivity index (χ4n) is 0.949. The van der Waals surface area contributed by atoms with E-state index in [4.69, 9.17) is 5.73 Å². The van der Waals surface area contributed by atoms with Gasteiger partial charge in [-0.25, -0.2) is 0 Å². The second-order valence-corrected chi connectivity index (χ2v) is 2.96. The van der Waals surface area contributed by atoms with Crippen LogP contribution in [-0.2, 0) is 0 Å².